The molecule has 6 heteroatoms. The summed E-state index contributed by atoms with van der Waals surface area (Å²) in [6, 6.07) is 1.98. The molecule has 1 unspecified atom stereocenters. The molecule has 0 aromatic carbocycles. The van der Waals surface area contributed by atoms with Crippen molar-refractivity contribution in [2.45, 2.75) is 38.5 Å². The first-order valence-corrected chi connectivity index (χ1v) is 7.84. The van der Waals surface area contributed by atoms with Crippen LogP contribution in [0.1, 0.15) is 44.3 Å². The Labute approximate surface area is 125 Å². The fourth-order valence-corrected chi connectivity index (χ4v) is 2.83. The van der Waals surface area contributed by atoms with Gasteiger partial charge in [-0.3, -0.25) is 4.79 Å². The Morgan fingerprint density at radius 3 is 2.90 bits per heavy atom. The summed E-state index contributed by atoms with van der Waals surface area (Å²) in [7, 11) is 0. The van der Waals surface area contributed by atoms with Gasteiger partial charge in [-0.25, -0.2) is 9.97 Å². The Hall–Kier alpha value is -1.85. The molecule has 1 amide bonds. The molecular weight excluding hydrogens is 266 g/mol. The van der Waals surface area contributed by atoms with Crippen molar-refractivity contribution >= 4 is 17.5 Å². The molecule has 114 valence electrons. The lowest BCUT2D eigenvalue weighted by Crippen LogP contribution is -2.41. The number of carbonyl (C=O) groups excluding carboxylic acids is 1. The number of hydrogen-bond acceptors (Lipinski definition) is 5. The molecule has 1 saturated carbocycles. The van der Waals surface area contributed by atoms with E-state index in [1.165, 1.54) is 12.8 Å². The van der Waals surface area contributed by atoms with Gasteiger partial charge in [0.05, 0.1) is 5.92 Å². The highest BCUT2D eigenvalue weighted by Crippen LogP contribution is 2.39. The molecule has 0 spiro atoms. The number of rotatable bonds is 5. The van der Waals surface area contributed by atoms with Crippen LogP contribution < -0.4 is 16.0 Å². The fourth-order valence-electron chi connectivity index (χ4n) is 2.83. The summed E-state index contributed by atoms with van der Waals surface area (Å²) in [6.07, 6.45) is 4.22. The third-order valence-electron chi connectivity index (χ3n) is 4.18. The summed E-state index contributed by atoms with van der Waals surface area (Å²) in [5.74, 6) is 2.98. The highest BCUT2D eigenvalue weighted by Gasteiger charge is 2.29. The van der Waals surface area contributed by atoms with Crippen LogP contribution in [0.5, 0.6) is 0 Å². The summed E-state index contributed by atoms with van der Waals surface area (Å²) < 4.78 is 0. The van der Waals surface area contributed by atoms with Gasteiger partial charge >= 0.3 is 0 Å². The second kappa shape index (κ2) is 5.87. The normalized spacial score (nSPS) is 22.1. The van der Waals surface area contributed by atoms with Crippen LogP contribution in [0.3, 0.4) is 0 Å². The molecule has 1 aliphatic heterocycles. The number of piperidine rings is 1. The van der Waals surface area contributed by atoms with E-state index in [1.54, 1.807) is 0 Å². The van der Waals surface area contributed by atoms with Crippen LogP contribution in [-0.2, 0) is 4.79 Å². The van der Waals surface area contributed by atoms with E-state index in [9.17, 15) is 4.79 Å². The van der Waals surface area contributed by atoms with Crippen LogP contribution in [0.4, 0.5) is 11.6 Å². The molecule has 3 rings (SSSR count). The Kier molecular flexibility index (Phi) is 3.94. The molecule has 2 fully saturated rings. The molecule has 6 nitrogen and oxygen atoms in total. The SMILES string of the molecule is CCNc1cc(N2CCCC(C(N)=O)C2)nc(C2CC2)n1. The average Bonchev–Trinajstić information content (AvgIpc) is 3.32. The van der Waals surface area contributed by atoms with Crippen molar-refractivity contribution < 1.29 is 4.79 Å². The minimum Gasteiger partial charge on any atom is -0.370 e. The van der Waals surface area contributed by atoms with Gasteiger partial charge in [0.1, 0.15) is 17.5 Å². The highest BCUT2D eigenvalue weighted by molar-refractivity contribution is 5.77. The van der Waals surface area contributed by atoms with E-state index in [-0.39, 0.29) is 11.8 Å². The number of nitrogens with one attached hydrogen (secondary N) is 1. The second-order valence-electron chi connectivity index (χ2n) is 5.96. The minimum atomic E-state index is -0.205. The van der Waals surface area contributed by atoms with Crippen molar-refractivity contribution in [3.05, 3.63) is 11.9 Å². The number of hydrogen-bond donors (Lipinski definition) is 2. The molecule has 1 aromatic heterocycles. The highest BCUT2D eigenvalue weighted by atomic mass is 16.1. The van der Waals surface area contributed by atoms with Crippen LogP contribution in [0, 0.1) is 5.92 Å². The molecule has 1 aromatic rings. The smallest absolute Gasteiger partial charge is 0.222 e. The van der Waals surface area contributed by atoms with Gasteiger partial charge in [-0.05, 0) is 32.6 Å². The second-order valence-corrected chi connectivity index (χ2v) is 5.96. The van der Waals surface area contributed by atoms with Crippen molar-refractivity contribution in [3.63, 3.8) is 0 Å². The molecule has 21 heavy (non-hydrogen) atoms. The van der Waals surface area contributed by atoms with Gasteiger partial charge in [-0.2, -0.15) is 0 Å². The zero-order valence-electron chi connectivity index (χ0n) is 12.5. The summed E-state index contributed by atoms with van der Waals surface area (Å²) in [4.78, 5) is 22.9. The van der Waals surface area contributed by atoms with Crippen LogP contribution >= 0.6 is 0 Å². The van der Waals surface area contributed by atoms with Gasteiger partial charge in [0.2, 0.25) is 5.91 Å². The number of primary amides is 1. The Balaban J connectivity index is 1.84. The molecule has 0 radical (unpaired) electrons. The molecule has 1 atom stereocenters. The van der Waals surface area contributed by atoms with Crippen molar-refractivity contribution in [1.82, 2.24) is 9.97 Å². The molecule has 2 heterocycles. The number of carbonyl (C=O) groups is 1. The van der Waals surface area contributed by atoms with Gasteiger partial charge in [-0.15, -0.1) is 0 Å². The molecule has 0 bridgehead atoms. The number of aromatic nitrogens is 2. The molecule has 1 saturated heterocycles. The van der Waals surface area contributed by atoms with Gasteiger partial charge in [-0.1, -0.05) is 0 Å². The van der Waals surface area contributed by atoms with Crippen molar-refractivity contribution in [2.24, 2.45) is 11.7 Å². The minimum absolute atomic E-state index is 0.0688. The first kappa shape index (κ1) is 14.1. The standard InChI is InChI=1S/C15H23N5O/c1-2-17-12-8-13(19-15(18-12)10-5-6-10)20-7-3-4-11(9-20)14(16)21/h8,10-11H,2-7,9H2,1H3,(H2,16,21)(H,17,18,19). The van der Waals surface area contributed by atoms with Crippen molar-refractivity contribution in [2.75, 3.05) is 29.9 Å². The number of anilines is 2. The third-order valence-corrected chi connectivity index (χ3v) is 4.18. The lowest BCUT2D eigenvalue weighted by molar-refractivity contribution is -0.122. The van der Waals surface area contributed by atoms with Crippen LogP contribution in [0.25, 0.3) is 0 Å². The first-order valence-electron chi connectivity index (χ1n) is 7.84. The molecule has 1 aliphatic carbocycles. The first-order chi connectivity index (χ1) is 10.2. The predicted octanol–water partition coefficient (Wildman–Crippen LogP) is 1.49. The van der Waals surface area contributed by atoms with Gasteiger partial charge in [0.25, 0.3) is 0 Å². The van der Waals surface area contributed by atoms with E-state index >= 15 is 0 Å². The molecular formula is C15H23N5O. The van der Waals surface area contributed by atoms with E-state index in [4.69, 9.17) is 10.7 Å². The van der Waals surface area contributed by atoms with Crippen LogP contribution in [0.15, 0.2) is 6.07 Å². The monoisotopic (exact) mass is 289 g/mol. The number of amides is 1. The van der Waals surface area contributed by atoms with Crippen molar-refractivity contribution in [1.29, 1.82) is 0 Å². The summed E-state index contributed by atoms with van der Waals surface area (Å²) in [5, 5.41) is 3.27. The van der Waals surface area contributed by atoms with E-state index in [1.807, 2.05) is 6.07 Å². The maximum absolute atomic E-state index is 11.4. The Morgan fingerprint density at radius 1 is 1.43 bits per heavy atom. The topological polar surface area (TPSA) is 84.1 Å². The van der Waals surface area contributed by atoms with Gasteiger partial charge in [0.15, 0.2) is 0 Å². The Morgan fingerprint density at radius 2 is 2.24 bits per heavy atom. The molecule has 3 N–H and O–H groups in total. The number of nitrogens with two attached hydrogens (primary N) is 1. The Bertz CT molecular complexity index is 529. The van der Waals surface area contributed by atoms with Crippen LogP contribution in [0.2, 0.25) is 0 Å². The fraction of sp³-hybridized carbons (Fsp3) is 0.667. The average molecular weight is 289 g/mol. The summed E-state index contributed by atoms with van der Waals surface area (Å²) >= 11 is 0. The summed E-state index contributed by atoms with van der Waals surface area (Å²) in [5.41, 5.74) is 5.46. The quantitative estimate of drug-likeness (QED) is 0.858. The van der Waals surface area contributed by atoms with E-state index in [0.717, 1.165) is 43.4 Å². The van der Waals surface area contributed by atoms with Gasteiger partial charge in [0, 0.05) is 31.6 Å². The van der Waals surface area contributed by atoms with E-state index in [2.05, 4.69) is 22.1 Å². The van der Waals surface area contributed by atoms with E-state index in [0.29, 0.717) is 12.5 Å². The third kappa shape index (κ3) is 3.25. The zero-order valence-corrected chi connectivity index (χ0v) is 12.5. The maximum atomic E-state index is 11.4. The summed E-state index contributed by atoms with van der Waals surface area (Å²) in [6.45, 7) is 4.49. The number of nitrogens with zero attached hydrogens (tertiary/aromatic N) is 3. The molecule has 2 aliphatic rings. The van der Waals surface area contributed by atoms with Crippen molar-refractivity contribution in [3.8, 4) is 0 Å². The lowest BCUT2D eigenvalue weighted by atomic mass is 9.97. The van der Waals surface area contributed by atoms with Crippen LogP contribution in [-0.4, -0.2) is 35.5 Å². The maximum Gasteiger partial charge on any atom is 0.222 e. The van der Waals surface area contributed by atoms with Gasteiger partial charge < -0.3 is 16.0 Å². The largest absolute Gasteiger partial charge is 0.370 e. The predicted molar refractivity (Wildman–Crippen MR) is 82.3 cm³/mol. The zero-order chi connectivity index (χ0) is 14.8. The van der Waals surface area contributed by atoms with E-state index < -0.39 is 0 Å². The lowest BCUT2D eigenvalue weighted by Gasteiger charge is -2.32.